The Morgan fingerprint density at radius 3 is 2.68 bits per heavy atom. The van der Waals surface area contributed by atoms with Crippen LogP contribution in [0.5, 0.6) is 5.75 Å². The Balaban J connectivity index is 1.36. The van der Waals surface area contributed by atoms with Crippen LogP contribution in [0.4, 0.5) is 0 Å². The molecule has 2 heteroatoms. The van der Waals surface area contributed by atoms with Crippen molar-refractivity contribution >= 4 is 0 Å². The van der Waals surface area contributed by atoms with Crippen molar-refractivity contribution in [2.75, 3.05) is 0 Å². The molecule has 0 aliphatic heterocycles. The fourth-order valence-electron chi connectivity index (χ4n) is 4.41. The molecule has 1 atom stereocenters. The summed E-state index contributed by atoms with van der Waals surface area (Å²) in [6.45, 7) is 0. The molecule has 0 aromatic heterocycles. The Morgan fingerprint density at radius 2 is 1.95 bits per heavy atom. The van der Waals surface area contributed by atoms with E-state index in [0.717, 1.165) is 24.3 Å². The van der Waals surface area contributed by atoms with Gasteiger partial charge in [0.2, 0.25) is 0 Å². The highest BCUT2D eigenvalue weighted by atomic mass is 16.3. The summed E-state index contributed by atoms with van der Waals surface area (Å²) >= 11 is 0. The van der Waals surface area contributed by atoms with E-state index in [1.807, 2.05) is 12.1 Å². The topological polar surface area (TPSA) is 32.3 Å². The number of hydrogen-bond donors (Lipinski definition) is 2. The summed E-state index contributed by atoms with van der Waals surface area (Å²) in [4.78, 5) is 0. The van der Waals surface area contributed by atoms with Gasteiger partial charge in [0.1, 0.15) is 5.75 Å². The van der Waals surface area contributed by atoms with Crippen LogP contribution in [0, 0.1) is 5.41 Å². The molecule has 3 aliphatic rings. The maximum Gasteiger partial charge on any atom is 0.115 e. The van der Waals surface area contributed by atoms with E-state index in [1.54, 1.807) is 0 Å². The number of benzene rings is 1. The number of aromatic hydroxyl groups is 1. The summed E-state index contributed by atoms with van der Waals surface area (Å²) in [5.74, 6) is 0.413. The molecule has 2 N–H and O–H groups in total. The molecule has 1 unspecified atom stereocenters. The molecule has 3 aliphatic carbocycles. The van der Waals surface area contributed by atoms with Gasteiger partial charge in [-0.15, -0.1) is 0 Å². The van der Waals surface area contributed by atoms with Gasteiger partial charge in [-0.3, -0.25) is 0 Å². The zero-order valence-electron chi connectivity index (χ0n) is 11.5. The monoisotopic (exact) mass is 257 g/mol. The van der Waals surface area contributed by atoms with Gasteiger partial charge < -0.3 is 10.4 Å². The molecular formula is C17H23NO. The highest BCUT2D eigenvalue weighted by Gasteiger charge is 2.48. The third-order valence-corrected chi connectivity index (χ3v) is 5.66. The molecule has 2 nitrogen and oxygen atoms in total. The average Bonchev–Trinajstić information content (AvgIpc) is 2.31. The number of phenolic OH excluding ortho intramolecular Hbond substituents is 1. The number of nitrogens with one attached hydrogen (secondary N) is 1. The lowest BCUT2D eigenvalue weighted by Crippen LogP contribution is -2.55. The van der Waals surface area contributed by atoms with Gasteiger partial charge in [0, 0.05) is 12.1 Å². The predicted octanol–water partition coefficient (Wildman–Crippen LogP) is 3.17. The molecule has 0 amide bonds. The molecule has 2 fully saturated rings. The Morgan fingerprint density at radius 1 is 1.11 bits per heavy atom. The first-order valence-corrected chi connectivity index (χ1v) is 7.79. The van der Waals surface area contributed by atoms with Gasteiger partial charge in [0.05, 0.1) is 0 Å². The summed E-state index contributed by atoms with van der Waals surface area (Å²) in [7, 11) is 0. The first-order valence-electron chi connectivity index (χ1n) is 7.79. The van der Waals surface area contributed by atoms with Gasteiger partial charge in [0.25, 0.3) is 0 Å². The Labute approximate surface area is 115 Å². The number of phenols is 1. The molecule has 19 heavy (non-hydrogen) atoms. The molecule has 1 aromatic carbocycles. The van der Waals surface area contributed by atoms with Crippen LogP contribution in [0.1, 0.15) is 49.7 Å². The fraction of sp³-hybridized carbons (Fsp3) is 0.647. The minimum absolute atomic E-state index is 0.413. The molecule has 1 aromatic rings. The Bertz CT molecular complexity index is 484. The van der Waals surface area contributed by atoms with E-state index in [2.05, 4.69) is 11.4 Å². The van der Waals surface area contributed by atoms with E-state index in [4.69, 9.17) is 0 Å². The molecule has 0 radical (unpaired) electrons. The van der Waals surface area contributed by atoms with Gasteiger partial charge in [0.15, 0.2) is 0 Å². The first-order chi connectivity index (χ1) is 9.22. The quantitative estimate of drug-likeness (QED) is 0.853. The predicted molar refractivity (Wildman–Crippen MR) is 76.4 cm³/mol. The molecule has 2 saturated carbocycles. The van der Waals surface area contributed by atoms with Gasteiger partial charge in [-0.1, -0.05) is 12.5 Å². The normalized spacial score (nSPS) is 28.5. The van der Waals surface area contributed by atoms with Crippen LogP contribution in [-0.2, 0) is 12.8 Å². The third kappa shape index (κ3) is 2.06. The summed E-state index contributed by atoms with van der Waals surface area (Å²) in [5.41, 5.74) is 3.55. The van der Waals surface area contributed by atoms with Crippen molar-refractivity contribution in [1.29, 1.82) is 0 Å². The highest BCUT2D eigenvalue weighted by molar-refractivity contribution is 5.37. The summed E-state index contributed by atoms with van der Waals surface area (Å²) in [5, 5.41) is 13.4. The number of hydrogen-bond acceptors (Lipinski definition) is 2. The summed E-state index contributed by atoms with van der Waals surface area (Å²) < 4.78 is 0. The van der Waals surface area contributed by atoms with Gasteiger partial charge in [-0.2, -0.15) is 0 Å². The fourth-order valence-corrected chi connectivity index (χ4v) is 4.41. The van der Waals surface area contributed by atoms with Crippen molar-refractivity contribution < 1.29 is 5.11 Å². The maximum absolute atomic E-state index is 9.52. The van der Waals surface area contributed by atoms with Crippen LogP contribution in [0.15, 0.2) is 18.2 Å². The third-order valence-electron chi connectivity index (χ3n) is 5.66. The van der Waals surface area contributed by atoms with Gasteiger partial charge in [-0.25, -0.2) is 0 Å². The standard InChI is InChI=1S/C17H23NO/c19-16-5-3-12-8-14(4-2-13(12)9-16)18-15-10-17(11-15)6-1-7-17/h3,5,9,14-15,18-19H,1-2,4,6-8,10-11H2. The first kappa shape index (κ1) is 11.8. The highest BCUT2D eigenvalue weighted by Crippen LogP contribution is 2.55. The molecule has 0 heterocycles. The number of fused-ring (bicyclic) bond motifs is 1. The second-order valence-corrected chi connectivity index (χ2v) is 7.02. The van der Waals surface area contributed by atoms with Crippen LogP contribution < -0.4 is 5.32 Å². The summed E-state index contributed by atoms with van der Waals surface area (Å²) in [6.07, 6.45) is 10.7. The van der Waals surface area contributed by atoms with Crippen molar-refractivity contribution in [3.63, 3.8) is 0 Å². The molecular weight excluding hydrogens is 234 g/mol. The van der Waals surface area contributed by atoms with Gasteiger partial charge in [-0.05, 0) is 73.6 Å². The van der Waals surface area contributed by atoms with Crippen LogP contribution in [-0.4, -0.2) is 17.2 Å². The van der Waals surface area contributed by atoms with E-state index in [1.165, 1.54) is 49.7 Å². The van der Waals surface area contributed by atoms with Crippen LogP contribution in [0.2, 0.25) is 0 Å². The van der Waals surface area contributed by atoms with E-state index < -0.39 is 0 Å². The van der Waals surface area contributed by atoms with Crippen molar-refractivity contribution in [3.8, 4) is 5.75 Å². The smallest absolute Gasteiger partial charge is 0.115 e. The minimum atomic E-state index is 0.413. The Kier molecular flexibility index (Phi) is 2.63. The van der Waals surface area contributed by atoms with Crippen molar-refractivity contribution in [2.45, 2.75) is 63.5 Å². The van der Waals surface area contributed by atoms with Crippen LogP contribution >= 0.6 is 0 Å². The lowest BCUT2D eigenvalue weighted by atomic mass is 9.54. The number of rotatable bonds is 2. The maximum atomic E-state index is 9.52. The van der Waals surface area contributed by atoms with Crippen molar-refractivity contribution in [3.05, 3.63) is 29.3 Å². The second kappa shape index (κ2) is 4.24. The largest absolute Gasteiger partial charge is 0.508 e. The lowest BCUT2D eigenvalue weighted by Gasteiger charge is -2.55. The van der Waals surface area contributed by atoms with Crippen LogP contribution in [0.3, 0.4) is 0 Å². The molecule has 1 spiro atoms. The second-order valence-electron chi connectivity index (χ2n) is 7.02. The Hall–Kier alpha value is -1.02. The average molecular weight is 257 g/mol. The van der Waals surface area contributed by atoms with Crippen molar-refractivity contribution in [2.24, 2.45) is 5.41 Å². The number of aryl methyl sites for hydroxylation is 1. The van der Waals surface area contributed by atoms with E-state index in [9.17, 15) is 5.11 Å². The molecule has 0 saturated heterocycles. The van der Waals surface area contributed by atoms with E-state index in [0.29, 0.717) is 11.8 Å². The molecule has 102 valence electrons. The summed E-state index contributed by atoms with van der Waals surface area (Å²) in [6, 6.07) is 7.31. The van der Waals surface area contributed by atoms with Crippen LogP contribution in [0.25, 0.3) is 0 Å². The van der Waals surface area contributed by atoms with Gasteiger partial charge >= 0.3 is 0 Å². The van der Waals surface area contributed by atoms with E-state index in [-0.39, 0.29) is 0 Å². The minimum Gasteiger partial charge on any atom is -0.508 e. The lowest BCUT2D eigenvalue weighted by molar-refractivity contribution is -0.00669. The van der Waals surface area contributed by atoms with Crippen molar-refractivity contribution in [1.82, 2.24) is 5.32 Å². The SMILES string of the molecule is Oc1ccc2c(c1)CCC(NC1CC3(CCC3)C1)C2. The zero-order chi connectivity index (χ0) is 12.9. The molecule has 0 bridgehead atoms. The van der Waals surface area contributed by atoms with E-state index >= 15 is 0 Å². The zero-order valence-corrected chi connectivity index (χ0v) is 11.5. The molecule has 4 rings (SSSR count).